The quantitative estimate of drug-likeness (QED) is 0.107. The van der Waals surface area contributed by atoms with Gasteiger partial charge in [0.25, 0.3) is 0 Å². The Kier molecular flexibility index (Phi) is 15.1. The fourth-order valence-electron chi connectivity index (χ4n) is 6.41. The van der Waals surface area contributed by atoms with Crippen LogP contribution in [0.2, 0.25) is 0 Å². The molecule has 3 rings (SSSR count). The van der Waals surface area contributed by atoms with Gasteiger partial charge in [-0.1, -0.05) is 56.7 Å². The zero-order valence-electron chi connectivity index (χ0n) is 30.9. The van der Waals surface area contributed by atoms with E-state index in [0.717, 1.165) is 19.6 Å². The van der Waals surface area contributed by atoms with Crippen molar-refractivity contribution in [3.63, 3.8) is 0 Å². The molecular formula is C38H62N2O9. The van der Waals surface area contributed by atoms with E-state index in [4.69, 9.17) is 14.2 Å². The van der Waals surface area contributed by atoms with Gasteiger partial charge >= 0.3 is 12.1 Å². The first-order chi connectivity index (χ1) is 22.9. The van der Waals surface area contributed by atoms with E-state index in [9.17, 15) is 30.0 Å². The first-order valence-electron chi connectivity index (χ1n) is 17.9. The normalized spacial score (nSPS) is 33.8. The number of cyclic esters (lactones) is 1. The second kappa shape index (κ2) is 18.1. The van der Waals surface area contributed by atoms with Crippen LogP contribution < -0.4 is 0 Å². The fourth-order valence-corrected chi connectivity index (χ4v) is 6.41. The minimum Gasteiger partial charge on any atom is -0.457 e. The second-order valence-electron chi connectivity index (χ2n) is 15.1. The molecule has 0 aromatic carbocycles. The van der Waals surface area contributed by atoms with Crippen molar-refractivity contribution in [2.24, 2.45) is 11.8 Å². The number of hydrogen-bond donors (Lipinski definition) is 4. The molecule has 0 aromatic heterocycles. The minimum atomic E-state index is -1.49. The highest BCUT2D eigenvalue weighted by Gasteiger charge is 2.47. The minimum absolute atomic E-state index is 0.0130. The van der Waals surface area contributed by atoms with Crippen LogP contribution in [0.3, 0.4) is 0 Å². The smallest absolute Gasteiger partial charge is 0.410 e. The lowest BCUT2D eigenvalue weighted by Gasteiger charge is -2.37. The number of carbonyl (C=O) groups is 2. The Labute approximate surface area is 293 Å². The van der Waals surface area contributed by atoms with E-state index >= 15 is 0 Å². The van der Waals surface area contributed by atoms with Gasteiger partial charge in [-0.2, -0.15) is 0 Å². The number of hydrogen-bond acceptors (Lipinski definition) is 10. The molecule has 4 N–H and O–H groups in total. The molecule has 10 unspecified atom stereocenters. The van der Waals surface area contributed by atoms with Crippen molar-refractivity contribution in [3.05, 3.63) is 47.6 Å². The number of esters is 1. The molecule has 10 atom stereocenters. The zero-order chi connectivity index (χ0) is 36.5. The summed E-state index contributed by atoms with van der Waals surface area (Å²) in [6.45, 7) is 18.3. The van der Waals surface area contributed by atoms with E-state index in [2.05, 4.69) is 24.8 Å². The highest BCUT2D eigenvalue weighted by Crippen LogP contribution is 2.37. The van der Waals surface area contributed by atoms with Gasteiger partial charge in [-0.3, -0.25) is 9.69 Å². The van der Waals surface area contributed by atoms with Gasteiger partial charge in [-0.25, -0.2) is 4.79 Å². The Morgan fingerprint density at radius 1 is 1.20 bits per heavy atom. The molecule has 3 aliphatic heterocycles. The Morgan fingerprint density at radius 3 is 2.51 bits per heavy atom. The Balaban J connectivity index is 1.72. The molecule has 0 spiro atoms. The third kappa shape index (κ3) is 12.9. The number of carbonyl (C=O) groups excluding carboxylic acids is 2. The lowest BCUT2D eigenvalue weighted by molar-refractivity contribution is -0.151. The number of piperazine rings is 1. The van der Waals surface area contributed by atoms with Gasteiger partial charge in [0.1, 0.15) is 11.7 Å². The van der Waals surface area contributed by atoms with E-state index in [1.165, 1.54) is 5.57 Å². The average Bonchev–Trinajstić information content (AvgIpc) is 3.80. The van der Waals surface area contributed by atoms with Gasteiger partial charge in [-0.15, -0.1) is 0 Å². The van der Waals surface area contributed by atoms with Crippen LogP contribution in [0.25, 0.3) is 0 Å². The summed E-state index contributed by atoms with van der Waals surface area (Å²) in [6.07, 6.45) is 7.84. The van der Waals surface area contributed by atoms with E-state index in [0.29, 0.717) is 31.5 Å². The Morgan fingerprint density at radius 2 is 1.88 bits per heavy atom. The predicted octanol–water partition coefficient (Wildman–Crippen LogP) is 4.29. The molecule has 0 bridgehead atoms. The van der Waals surface area contributed by atoms with Crippen LogP contribution in [0.4, 0.5) is 4.79 Å². The number of nitrogens with zero attached hydrogens (tertiary/aromatic N) is 2. The summed E-state index contributed by atoms with van der Waals surface area (Å²) in [5.74, 6) is -0.956. The van der Waals surface area contributed by atoms with Crippen LogP contribution in [-0.4, -0.2) is 123 Å². The molecule has 0 saturated carbocycles. The van der Waals surface area contributed by atoms with Crippen molar-refractivity contribution in [1.29, 1.82) is 0 Å². The molecule has 2 fully saturated rings. The topological polar surface area (TPSA) is 153 Å². The largest absolute Gasteiger partial charge is 0.457 e. The van der Waals surface area contributed by atoms with Gasteiger partial charge in [0.15, 0.2) is 6.10 Å². The average molecular weight is 691 g/mol. The molecule has 2 saturated heterocycles. The van der Waals surface area contributed by atoms with Crippen LogP contribution in [0.1, 0.15) is 87.5 Å². The van der Waals surface area contributed by atoms with Crippen molar-refractivity contribution in [2.45, 2.75) is 135 Å². The summed E-state index contributed by atoms with van der Waals surface area (Å²) in [5.41, 5.74) is -0.701. The lowest BCUT2D eigenvalue weighted by Crippen LogP contribution is -2.51. The number of ether oxygens (including phenoxy) is 3. The van der Waals surface area contributed by atoms with E-state index in [-0.39, 0.29) is 43.3 Å². The number of allylic oxidation sites excluding steroid dienone is 3. The van der Waals surface area contributed by atoms with Crippen LogP contribution in [0.15, 0.2) is 47.6 Å². The van der Waals surface area contributed by atoms with Crippen molar-refractivity contribution in [2.75, 3.05) is 32.7 Å². The third-order valence-corrected chi connectivity index (χ3v) is 9.98. The van der Waals surface area contributed by atoms with Crippen molar-refractivity contribution in [3.8, 4) is 0 Å². The molecule has 11 heteroatoms. The molecule has 0 aromatic rings. The number of epoxide rings is 1. The van der Waals surface area contributed by atoms with Gasteiger partial charge in [0.2, 0.25) is 0 Å². The monoisotopic (exact) mass is 690 g/mol. The summed E-state index contributed by atoms with van der Waals surface area (Å²) in [6, 6.07) is 0. The number of aliphatic hydroxyl groups excluding tert-OH is 2. The second-order valence-corrected chi connectivity index (χ2v) is 15.1. The first kappa shape index (κ1) is 40.9. The maximum absolute atomic E-state index is 13.3. The third-order valence-electron chi connectivity index (χ3n) is 9.98. The number of rotatable bonds is 11. The molecule has 11 nitrogen and oxygen atoms in total. The molecule has 49 heavy (non-hydrogen) atoms. The number of aliphatic hydroxyl groups is 4. The Bertz CT molecular complexity index is 1210. The summed E-state index contributed by atoms with van der Waals surface area (Å²) in [4.78, 5) is 30.1. The number of amides is 1. The van der Waals surface area contributed by atoms with Crippen LogP contribution in [0.5, 0.6) is 0 Å². The van der Waals surface area contributed by atoms with Crippen LogP contribution in [-0.2, 0) is 19.0 Å². The summed E-state index contributed by atoms with van der Waals surface area (Å²) in [5, 5.41) is 43.3. The Hall–Kier alpha value is -2.54. The van der Waals surface area contributed by atoms with E-state index in [1.54, 1.807) is 49.1 Å². The fraction of sp³-hybridized carbons (Fsp3) is 0.737. The molecular weight excluding hydrogens is 628 g/mol. The first-order valence-corrected chi connectivity index (χ1v) is 17.9. The molecule has 278 valence electrons. The molecule has 3 aliphatic rings. The molecule has 3 heterocycles. The standard InChI is InChI=1S/C38H62N2O9/c1-9-30(42)28(6)35-31(47-35)24-37(7,45)16-10-11-26(4)34-27(5)12-13-32(38(8,46)17-14-29(41)23-33(43)49-34)48-36(44)40-21-19-39(20-22-40)18-15-25(2)3/h10-13,15-16,27-32,34-35,41-42,45-46H,9,14,17-24H2,1-8H3/b13-12-,16-10+,26-11+. The lowest BCUT2D eigenvalue weighted by atomic mass is 9.88. The van der Waals surface area contributed by atoms with Crippen LogP contribution >= 0.6 is 0 Å². The summed E-state index contributed by atoms with van der Waals surface area (Å²) in [7, 11) is 0. The van der Waals surface area contributed by atoms with Crippen LogP contribution in [0, 0.1) is 11.8 Å². The molecule has 0 radical (unpaired) electrons. The predicted molar refractivity (Wildman–Crippen MR) is 189 cm³/mol. The maximum Gasteiger partial charge on any atom is 0.410 e. The molecule has 0 aliphatic carbocycles. The van der Waals surface area contributed by atoms with Crippen molar-refractivity contribution >= 4 is 12.1 Å². The maximum atomic E-state index is 13.3. The van der Waals surface area contributed by atoms with Gasteiger partial charge < -0.3 is 39.5 Å². The van der Waals surface area contributed by atoms with Crippen molar-refractivity contribution in [1.82, 2.24) is 9.80 Å². The zero-order valence-corrected chi connectivity index (χ0v) is 30.9. The van der Waals surface area contributed by atoms with Crippen molar-refractivity contribution < 1.29 is 44.2 Å². The van der Waals surface area contributed by atoms with E-state index in [1.807, 2.05) is 27.7 Å². The highest BCUT2D eigenvalue weighted by atomic mass is 16.6. The van der Waals surface area contributed by atoms with Gasteiger partial charge in [0, 0.05) is 51.0 Å². The highest BCUT2D eigenvalue weighted by molar-refractivity contribution is 5.70. The SMILES string of the molecule is CCC(O)C(C)C1OC1CC(C)(O)/C=C/C=C(\C)C1OC(=O)CC(O)CCC(C)(O)C(OC(=O)N2CCN(CC=C(C)C)CC2)/C=C\C1C. The molecule has 1 amide bonds. The van der Waals surface area contributed by atoms with Gasteiger partial charge in [-0.05, 0) is 65.5 Å². The summed E-state index contributed by atoms with van der Waals surface area (Å²) >= 11 is 0. The summed E-state index contributed by atoms with van der Waals surface area (Å²) < 4.78 is 17.5. The van der Waals surface area contributed by atoms with Gasteiger partial charge in [0.05, 0.1) is 36.4 Å². The van der Waals surface area contributed by atoms with E-state index < -0.39 is 47.7 Å².